The smallest absolute Gasteiger partial charge is 0.335 e. The molecule has 0 aromatic heterocycles. The normalized spacial score (nSPS) is 10.2. The zero-order chi connectivity index (χ0) is 12.3. The molecule has 86 valence electrons. The van der Waals surface area contributed by atoms with E-state index < -0.39 is 5.97 Å². The number of rotatable bonds is 3. The number of hydrogen-bond acceptors (Lipinski definition) is 1. The van der Waals surface area contributed by atoms with Crippen molar-refractivity contribution in [3.63, 3.8) is 0 Å². The summed E-state index contributed by atoms with van der Waals surface area (Å²) >= 11 is 0. The molecule has 0 atom stereocenters. The van der Waals surface area contributed by atoms with Crippen LogP contribution in [0.5, 0.6) is 0 Å². The molecule has 0 bridgehead atoms. The monoisotopic (exact) mass is 226 g/mol. The molecule has 0 aliphatic heterocycles. The molecule has 0 unspecified atom stereocenters. The standard InChI is InChI=1S/C15H14O2/c1-11-7-8-13(14(9-11)15(16)17)10-12-5-3-2-4-6-12/h2-9H,10H2,1H3,(H,16,17). The van der Waals surface area contributed by atoms with Crippen LogP contribution in [0.4, 0.5) is 0 Å². The van der Waals surface area contributed by atoms with Gasteiger partial charge >= 0.3 is 5.97 Å². The molecule has 0 radical (unpaired) electrons. The minimum absolute atomic E-state index is 0.397. The first-order valence-electron chi connectivity index (χ1n) is 5.53. The van der Waals surface area contributed by atoms with Crippen LogP contribution in [-0.4, -0.2) is 11.1 Å². The Bertz CT molecular complexity index is 530. The second-order valence-electron chi connectivity index (χ2n) is 4.13. The minimum atomic E-state index is -0.861. The fourth-order valence-corrected chi connectivity index (χ4v) is 1.86. The van der Waals surface area contributed by atoms with Crippen molar-refractivity contribution in [2.24, 2.45) is 0 Å². The lowest BCUT2D eigenvalue weighted by Crippen LogP contribution is -2.03. The summed E-state index contributed by atoms with van der Waals surface area (Å²) in [6.07, 6.45) is 0.656. The van der Waals surface area contributed by atoms with Crippen molar-refractivity contribution >= 4 is 5.97 Å². The molecular weight excluding hydrogens is 212 g/mol. The molecule has 0 aliphatic rings. The van der Waals surface area contributed by atoms with Gasteiger partial charge in [0.1, 0.15) is 0 Å². The van der Waals surface area contributed by atoms with E-state index in [9.17, 15) is 4.79 Å². The number of carbonyl (C=O) groups is 1. The fraction of sp³-hybridized carbons (Fsp3) is 0.133. The average molecular weight is 226 g/mol. The lowest BCUT2D eigenvalue weighted by molar-refractivity contribution is 0.0695. The summed E-state index contributed by atoms with van der Waals surface area (Å²) in [5.41, 5.74) is 3.35. The summed E-state index contributed by atoms with van der Waals surface area (Å²) in [4.78, 5) is 11.2. The highest BCUT2D eigenvalue weighted by atomic mass is 16.4. The summed E-state index contributed by atoms with van der Waals surface area (Å²) < 4.78 is 0. The van der Waals surface area contributed by atoms with Gasteiger partial charge in [0, 0.05) is 0 Å². The van der Waals surface area contributed by atoms with Crippen molar-refractivity contribution in [3.8, 4) is 0 Å². The molecule has 0 saturated heterocycles. The molecular formula is C15H14O2. The summed E-state index contributed by atoms with van der Waals surface area (Å²) in [5, 5.41) is 9.17. The Labute approximate surface area is 101 Å². The Hall–Kier alpha value is -2.09. The van der Waals surface area contributed by atoms with Gasteiger partial charge in [-0.15, -0.1) is 0 Å². The van der Waals surface area contributed by atoms with Gasteiger partial charge in [0.05, 0.1) is 5.56 Å². The highest BCUT2D eigenvalue weighted by Gasteiger charge is 2.10. The molecule has 0 amide bonds. The molecule has 0 heterocycles. The number of aryl methyl sites for hydroxylation is 1. The van der Waals surface area contributed by atoms with Crippen molar-refractivity contribution in [1.29, 1.82) is 0 Å². The second-order valence-corrected chi connectivity index (χ2v) is 4.13. The van der Waals surface area contributed by atoms with Crippen LogP contribution in [0, 0.1) is 6.92 Å². The Morgan fingerprint density at radius 1 is 1.12 bits per heavy atom. The molecule has 2 rings (SSSR count). The first-order valence-corrected chi connectivity index (χ1v) is 5.53. The van der Waals surface area contributed by atoms with Gasteiger partial charge in [-0.3, -0.25) is 0 Å². The maximum absolute atomic E-state index is 11.2. The first-order chi connectivity index (χ1) is 8.16. The van der Waals surface area contributed by atoms with E-state index >= 15 is 0 Å². The lowest BCUT2D eigenvalue weighted by Gasteiger charge is -2.07. The van der Waals surface area contributed by atoms with Gasteiger partial charge in [-0.2, -0.15) is 0 Å². The maximum Gasteiger partial charge on any atom is 0.335 e. The van der Waals surface area contributed by atoms with E-state index in [0.29, 0.717) is 12.0 Å². The molecule has 2 aromatic rings. The van der Waals surface area contributed by atoms with E-state index in [2.05, 4.69) is 0 Å². The van der Waals surface area contributed by atoms with E-state index in [1.807, 2.05) is 49.4 Å². The van der Waals surface area contributed by atoms with Gasteiger partial charge in [-0.25, -0.2) is 4.79 Å². The van der Waals surface area contributed by atoms with Gasteiger partial charge in [0.15, 0.2) is 0 Å². The number of benzene rings is 2. The van der Waals surface area contributed by atoms with Crippen LogP contribution in [0.1, 0.15) is 27.0 Å². The summed E-state index contributed by atoms with van der Waals surface area (Å²) in [5.74, 6) is -0.861. The summed E-state index contributed by atoms with van der Waals surface area (Å²) in [6, 6.07) is 15.5. The van der Waals surface area contributed by atoms with Crippen LogP contribution < -0.4 is 0 Å². The Balaban J connectivity index is 2.36. The third kappa shape index (κ3) is 2.72. The fourth-order valence-electron chi connectivity index (χ4n) is 1.86. The van der Waals surface area contributed by atoms with E-state index in [0.717, 1.165) is 16.7 Å². The van der Waals surface area contributed by atoms with Crippen LogP contribution >= 0.6 is 0 Å². The molecule has 2 heteroatoms. The van der Waals surface area contributed by atoms with E-state index in [1.165, 1.54) is 0 Å². The van der Waals surface area contributed by atoms with Crippen LogP contribution in [0.15, 0.2) is 48.5 Å². The van der Waals surface area contributed by atoms with Gasteiger partial charge in [-0.1, -0.05) is 48.0 Å². The third-order valence-electron chi connectivity index (χ3n) is 2.73. The van der Waals surface area contributed by atoms with E-state index in [-0.39, 0.29) is 0 Å². The van der Waals surface area contributed by atoms with Crippen molar-refractivity contribution in [2.45, 2.75) is 13.3 Å². The molecule has 17 heavy (non-hydrogen) atoms. The number of aromatic carboxylic acids is 1. The quantitative estimate of drug-likeness (QED) is 0.872. The number of hydrogen-bond donors (Lipinski definition) is 1. The van der Waals surface area contributed by atoms with Crippen molar-refractivity contribution in [3.05, 3.63) is 70.8 Å². The Kier molecular flexibility index (Phi) is 3.24. The third-order valence-corrected chi connectivity index (χ3v) is 2.73. The maximum atomic E-state index is 11.2. The predicted molar refractivity (Wildman–Crippen MR) is 67.4 cm³/mol. The summed E-state index contributed by atoms with van der Waals surface area (Å²) in [7, 11) is 0. The van der Waals surface area contributed by atoms with Crippen molar-refractivity contribution < 1.29 is 9.90 Å². The Morgan fingerprint density at radius 3 is 2.47 bits per heavy atom. The molecule has 0 spiro atoms. The van der Waals surface area contributed by atoms with Crippen molar-refractivity contribution in [2.75, 3.05) is 0 Å². The zero-order valence-corrected chi connectivity index (χ0v) is 9.68. The molecule has 0 saturated carbocycles. The lowest BCUT2D eigenvalue weighted by atomic mass is 9.98. The number of carboxylic acids is 1. The number of carboxylic acid groups (broad SMARTS) is 1. The zero-order valence-electron chi connectivity index (χ0n) is 9.68. The van der Waals surface area contributed by atoms with Crippen LogP contribution in [0.25, 0.3) is 0 Å². The second kappa shape index (κ2) is 4.83. The molecule has 2 aromatic carbocycles. The Morgan fingerprint density at radius 2 is 1.82 bits per heavy atom. The topological polar surface area (TPSA) is 37.3 Å². The molecule has 0 aliphatic carbocycles. The van der Waals surface area contributed by atoms with Crippen molar-refractivity contribution in [1.82, 2.24) is 0 Å². The summed E-state index contributed by atoms with van der Waals surface area (Å²) in [6.45, 7) is 1.90. The predicted octanol–water partition coefficient (Wildman–Crippen LogP) is 3.28. The highest BCUT2D eigenvalue weighted by molar-refractivity contribution is 5.89. The van der Waals surface area contributed by atoms with E-state index in [1.54, 1.807) is 6.07 Å². The van der Waals surface area contributed by atoms with Crippen LogP contribution in [-0.2, 0) is 6.42 Å². The SMILES string of the molecule is Cc1ccc(Cc2ccccc2)c(C(=O)O)c1. The average Bonchev–Trinajstić information content (AvgIpc) is 2.32. The van der Waals surface area contributed by atoms with Gasteiger partial charge < -0.3 is 5.11 Å². The minimum Gasteiger partial charge on any atom is -0.478 e. The first kappa shape index (κ1) is 11.4. The molecule has 2 nitrogen and oxygen atoms in total. The van der Waals surface area contributed by atoms with Gasteiger partial charge in [-0.05, 0) is 30.5 Å². The largest absolute Gasteiger partial charge is 0.478 e. The van der Waals surface area contributed by atoms with Crippen LogP contribution in [0.3, 0.4) is 0 Å². The van der Waals surface area contributed by atoms with E-state index in [4.69, 9.17) is 5.11 Å². The molecule has 0 fully saturated rings. The van der Waals surface area contributed by atoms with Gasteiger partial charge in [0.25, 0.3) is 0 Å². The van der Waals surface area contributed by atoms with Gasteiger partial charge in [0.2, 0.25) is 0 Å². The molecule has 1 N–H and O–H groups in total. The van der Waals surface area contributed by atoms with Crippen LogP contribution in [0.2, 0.25) is 0 Å². The highest BCUT2D eigenvalue weighted by Crippen LogP contribution is 2.16.